The van der Waals surface area contributed by atoms with Crippen LogP contribution >= 0.6 is 0 Å². The van der Waals surface area contributed by atoms with Crippen molar-refractivity contribution in [2.45, 2.75) is 52.2 Å². The highest BCUT2D eigenvalue weighted by Crippen LogP contribution is 2.20. The van der Waals surface area contributed by atoms with Crippen LogP contribution in [0.2, 0.25) is 0 Å². The lowest BCUT2D eigenvalue weighted by molar-refractivity contribution is -0.0395. The number of pyridine rings is 1. The van der Waals surface area contributed by atoms with Gasteiger partial charge >= 0.3 is 0 Å². The molecule has 6 nitrogen and oxygen atoms in total. The van der Waals surface area contributed by atoms with Crippen LogP contribution in [0.4, 0.5) is 0 Å². The molecule has 2 atom stereocenters. The lowest BCUT2D eigenvalue weighted by atomic mass is 9.97. The Morgan fingerprint density at radius 1 is 1.33 bits per heavy atom. The Labute approximate surface area is 193 Å². The Balaban J connectivity index is 1.93. The fourth-order valence-corrected chi connectivity index (χ4v) is 4.57. The number of ether oxygens (including phenoxy) is 1. The topological polar surface area (TPSA) is 77.2 Å². The van der Waals surface area contributed by atoms with Crippen LogP contribution in [-0.4, -0.2) is 39.0 Å². The van der Waals surface area contributed by atoms with Crippen molar-refractivity contribution in [2.75, 3.05) is 13.2 Å². The maximum atomic E-state index is 13.6. The summed E-state index contributed by atoms with van der Waals surface area (Å²) in [7, 11) is 0. The molecule has 1 aliphatic rings. The highest BCUT2D eigenvalue weighted by molar-refractivity contribution is 5.80. The van der Waals surface area contributed by atoms with E-state index in [1.807, 2.05) is 32.1 Å². The first kappa shape index (κ1) is 23.1. The number of hydrogen-bond acceptors (Lipinski definition) is 5. The number of nitrogens with zero attached hydrogens (tertiary/aromatic N) is 3. The third kappa shape index (κ3) is 4.54. The van der Waals surface area contributed by atoms with E-state index in [1.165, 1.54) is 0 Å². The average molecular weight is 446 g/mol. The van der Waals surface area contributed by atoms with Crippen molar-refractivity contribution in [3.8, 4) is 0 Å². The highest BCUT2D eigenvalue weighted by Gasteiger charge is 2.27. The van der Waals surface area contributed by atoms with Gasteiger partial charge in [0, 0.05) is 18.0 Å². The molecule has 4 rings (SSSR count). The molecule has 0 spiro atoms. The smallest absolute Gasteiger partial charge is 0.261 e. The first-order chi connectivity index (χ1) is 15.9. The summed E-state index contributed by atoms with van der Waals surface area (Å²) in [6, 6.07) is 5.70. The monoisotopic (exact) mass is 445 g/mol. The predicted octanol–water partition coefficient (Wildman–Crippen LogP) is 2.73. The first-order valence-electron chi connectivity index (χ1n) is 11.5. The third-order valence-corrected chi connectivity index (χ3v) is 6.24. The molecule has 0 amide bonds. The summed E-state index contributed by atoms with van der Waals surface area (Å²) < 4.78 is 6.92. The minimum atomic E-state index is -0.725. The molecule has 1 aliphatic heterocycles. The Kier molecular flexibility index (Phi) is 6.86. The van der Waals surface area contributed by atoms with Gasteiger partial charge in [-0.3, -0.25) is 14.3 Å². The van der Waals surface area contributed by atoms with Gasteiger partial charge in [-0.15, -0.1) is 0 Å². The van der Waals surface area contributed by atoms with Crippen molar-refractivity contribution in [1.29, 1.82) is 0 Å². The first-order valence-corrected chi connectivity index (χ1v) is 11.5. The summed E-state index contributed by atoms with van der Waals surface area (Å²) in [4.78, 5) is 22.7. The van der Waals surface area contributed by atoms with Crippen molar-refractivity contribution in [1.82, 2.24) is 14.5 Å². The summed E-state index contributed by atoms with van der Waals surface area (Å²) in [6.45, 7) is 10.8. The second-order valence-electron chi connectivity index (χ2n) is 8.62. The molecule has 33 heavy (non-hydrogen) atoms. The van der Waals surface area contributed by atoms with E-state index < -0.39 is 6.10 Å². The van der Waals surface area contributed by atoms with E-state index >= 15 is 0 Å². The number of allylic oxidation sites excluding steroid dienone is 1. The summed E-state index contributed by atoms with van der Waals surface area (Å²) >= 11 is 0. The number of aromatic nitrogens is 3. The lowest BCUT2D eigenvalue weighted by Gasteiger charge is -2.29. The number of fused-ring (bicyclic) bond motifs is 1. The number of hydrogen-bond donors (Lipinski definition) is 1. The molecular formula is C27H31N3O3. The molecular weight excluding hydrogens is 414 g/mol. The lowest BCUT2D eigenvalue weighted by Crippen LogP contribution is -2.40. The molecule has 1 N–H and O–H groups in total. The maximum Gasteiger partial charge on any atom is 0.261 e. The minimum Gasteiger partial charge on any atom is -0.389 e. The fourth-order valence-electron chi connectivity index (χ4n) is 4.57. The van der Waals surface area contributed by atoms with E-state index in [-0.39, 0.29) is 18.2 Å². The molecule has 1 fully saturated rings. The molecule has 0 aliphatic carbocycles. The zero-order valence-electron chi connectivity index (χ0n) is 19.5. The van der Waals surface area contributed by atoms with Gasteiger partial charge in [-0.25, -0.2) is 4.98 Å². The Hall–Kier alpha value is -3.09. The largest absolute Gasteiger partial charge is 0.389 e. The molecule has 172 valence electrons. The molecule has 1 aromatic carbocycles. The van der Waals surface area contributed by atoms with Crippen molar-refractivity contribution in [3.05, 3.63) is 74.9 Å². The molecule has 6 heteroatoms. The second-order valence-corrected chi connectivity index (χ2v) is 8.62. The summed E-state index contributed by atoms with van der Waals surface area (Å²) in [6.07, 6.45) is 9.00. The summed E-state index contributed by atoms with van der Waals surface area (Å²) in [5.41, 5.74) is 4.53. The van der Waals surface area contributed by atoms with Gasteiger partial charge < -0.3 is 9.84 Å². The van der Waals surface area contributed by atoms with Crippen LogP contribution in [-0.2, 0) is 11.2 Å². The van der Waals surface area contributed by atoms with Gasteiger partial charge in [0.1, 0.15) is 0 Å². The number of aliphatic hydroxyl groups is 1. The van der Waals surface area contributed by atoms with E-state index in [2.05, 4.69) is 35.6 Å². The number of aliphatic hydroxyl groups excluding tert-OH is 1. The maximum absolute atomic E-state index is 13.6. The van der Waals surface area contributed by atoms with Gasteiger partial charge in [0.25, 0.3) is 5.56 Å². The van der Waals surface area contributed by atoms with E-state index in [0.717, 1.165) is 39.3 Å². The molecule has 0 bridgehead atoms. The van der Waals surface area contributed by atoms with Crippen molar-refractivity contribution >= 4 is 28.6 Å². The van der Waals surface area contributed by atoms with Gasteiger partial charge in [-0.1, -0.05) is 25.7 Å². The molecule has 0 unspecified atom stereocenters. The van der Waals surface area contributed by atoms with Crippen LogP contribution in [0.3, 0.4) is 0 Å². The van der Waals surface area contributed by atoms with E-state index in [4.69, 9.17) is 4.74 Å². The van der Waals surface area contributed by atoms with Crippen LogP contribution in [0.15, 0.2) is 42.1 Å². The molecule has 1 saturated heterocycles. The van der Waals surface area contributed by atoms with Crippen LogP contribution in [0.1, 0.15) is 56.5 Å². The van der Waals surface area contributed by atoms with Gasteiger partial charge in [0.15, 0.2) is 0 Å². The van der Waals surface area contributed by atoms with Crippen molar-refractivity contribution in [3.63, 3.8) is 0 Å². The molecule has 0 saturated carbocycles. The zero-order valence-corrected chi connectivity index (χ0v) is 19.5. The summed E-state index contributed by atoms with van der Waals surface area (Å²) in [5, 5.41) is 13.1. The number of rotatable bonds is 5. The average Bonchev–Trinajstić information content (AvgIpc) is 2.81. The molecule has 3 heterocycles. The minimum absolute atomic E-state index is 0.129. The van der Waals surface area contributed by atoms with E-state index in [9.17, 15) is 9.90 Å². The Morgan fingerprint density at radius 3 is 2.85 bits per heavy atom. The van der Waals surface area contributed by atoms with Gasteiger partial charge in [0.2, 0.25) is 0 Å². The van der Waals surface area contributed by atoms with Gasteiger partial charge in [-0.2, -0.15) is 0 Å². The van der Waals surface area contributed by atoms with Crippen LogP contribution in [0.25, 0.3) is 28.6 Å². The molecule has 0 radical (unpaired) electrons. The van der Waals surface area contributed by atoms with Gasteiger partial charge in [0.05, 0.1) is 41.7 Å². The van der Waals surface area contributed by atoms with Crippen molar-refractivity contribution in [2.24, 2.45) is 0 Å². The Morgan fingerprint density at radius 2 is 2.15 bits per heavy atom. The SMILES string of the molecule is C=C(C)c1cc(Cc2cc3c(=O)n([C@H]4CCOC[C@@H]4O)cnc3c(=C/C)/c2=C\CC)ccn1. The van der Waals surface area contributed by atoms with Crippen molar-refractivity contribution < 1.29 is 9.84 Å². The standard InChI is InChI=1S/C27H31N3O3/c1-5-7-21-19(12-18-8-10-28-23(13-18)17(3)4)14-22-26(20(21)6-2)29-16-30(27(22)32)24-9-11-33-15-25(24)31/h6-8,10,13-14,16,24-25,31H,3,5,9,11-12,15H2,1-2,4H3/b20-6+,21-7-/t24-,25-/m0/s1. The molecule has 2 aromatic heterocycles. The Bertz CT molecular complexity index is 1370. The van der Waals surface area contributed by atoms with Crippen LogP contribution in [0, 0.1) is 0 Å². The zero-order chi connectivity index (χ0) is 23.5. The number of benzene rings is 1. The normalized spacial score (nSPS) is 19.9. The summed E-state index contributed by atoms with van der Waals surface area (Å²) in [5.74, 6) is 0. The third-order valence-electron chi connectivity index (χ3n) is 6.24. The molecule has 3 aromatic rings. The van der Waals surface area contributed by atoms with E-state index in [1.54, 1.807) is 17.1 Å². The second kappa shape index (κ2) is 9.81. The van der Waals surface area contributed by atoms with Crippen LogP contribution < -0.4 is 16.0 Å². The van der Waals surface area contributed by atoms with Crippen LogP contribution in [0.5, 0.6) is 0 Å². The van der Waals surface area contributed by atoms with Gasteiger partial charge in [-0.05, 0) is 73.2 Å². The fraction of sp³-hybridized carbons (Fsp3) is 0.370. The quantitative estimate of drug-likeness (QED) is 0.654. The highest BCUT2D eigenvalue weighted by atomic mass is 16.5. The predicted molar refractivity (Wildman–Crippen MR) is 132 cm³/mol. The van der Waals surface area contributed by atoms with E-state index in [0.29, 0.717) is 30.4 Å².